The van der Waals surface area contributed by atoms with E-state index in [2.05, 4.69) is 4.98 Å². The van der Waals surface area contributed by atoms with E-state index in [0.29, 0.717) is 21.6 Å². The number of aromatic hydroxyl groups is 1. The molecular formula is C14H8ClNO3. The van der Waals surface area contributed by atoms with Gasteiger partial charge in [-0.3, -0.25) is 4.79 Å². The van der Waals surface area contributed by atoms with E-state index in [9.17, 15) is 9.90 Å². The van der Waals surface area contributed by atoms with Crippen molar-refractivity contribution in [1.29, 1.82) is 0 Å². The zero-order valence-corrected chi connectivity index (χ0v) is 10.4. The van der Waals surface area contributed by atoms with E-state index < -0.39 is 5.56 Å². The van der Waals surface area contributed by atoms with Crippen LogP contribution in [0.1, 0.15) is 0 Å². The maximum atomic E-state index is 11.9. The van der Waals surface area contributed by atoms with Crippen LogP contribution in [0.5, 0.6) is 5.75 Å². The van der Waals surface area contributed by atoms with Gasteiger partial charge in [-0.1, -0.05) is 23.7 Å². The van der Waals surface area contributed by atoms with Gasteiger partial charge in [0, 0.05) is 5.02 Å². The van der Waals surface area contributed by atoms with Crippen molar-refractivity contribution in [3.8, 4) is 17.2 Å². The van der Waals surface area contributed by atoms with Crippen LogP contribution in [0.15, 0.2) is 51.7 Å². The molecule has 1 heterocycles. The predicted molar refractivity (Wildman–Crippen MR) is 72.4 cm³/mol. The van der Waals surface area contributed by atoms with Crippen molar-refractivity contribution in [2.24, 2.45) is 0 Å². The third-order valence-corrected chi connectivity index (χ3v) is 2.95. The molecule has 1 N–H and O–H groups in total. The molecule has 1 aromatic heterocycles. The van der Waals surface area contributed by atoms with Gasteiger partial charge in [0.15, 0.2) is 0 Å². The molecule has 94 valence electrons. The van der Waals surface area contributed by atoms with Crippen molar-refractivity contribution in [2.45, 2.75) is 0 Å². The van der Waals surface area contributed by atoms with Gasteiger partial charge in [-0.05, 0) is 30.3 Å². The number of hydrogen-bond donors (Lipinski definition) is 1. The summed E-state index contributed by atoms with van der Waals surface area (Å²) >= 11 is 5.82. The standard InChI is InChI=1S/C14H8ClNO3/c15-8-5-6-12-10(7-8)13(18)16-14(19-12)9-3-1-2-4-11(9)17/h1-7,17H. The van der Waals surface area contributed by atoms with Gasteiger partial charge in [0.1, 0.15) is 11.3 Å². The van der Waals surface area contributed by atoms with Crippen LogP contribution in [-0.4, -0.2) is 10.1 Å². The van der Waals surface area contributed by atoms with E-state index in [1.807, 2.05) is 0 Å². The van der Waals surface area contributed by atoms with Crippen LogP contribution in [0.2, 0.25) is 5.02 Å². The van der Waals surface area contributed by atoms with Gasteiger partial charge < -0.3 is 9.52 Å². The Morgan fingerprint density at radius 2 is 1.95 bits per heavy atom. The lowest BCUT2D eigenvalue weighted by molar-refractivity contribution is 0.473. The van der Waals surface area contributed by atoms with E-state index in [-0.39, 0.29) is 11.6 Å². The molecule has 0 fully saturated rings. The van der Waals surface area contributed by atoms with Crippen molar-refractivity contribution >= 4 is 22.6 Å². The average Bonchev–Trinajstić information content (AvgIpc) is 2.40. The van der Waals surface area contributed by atoms with Gasteiger partial charge in [0.05, 0.1) is 10.9 Å². The van der Waals surface area contributed by atoms with Gasteiger partial charge in [-0.15, -0.1) is 0 Å². The number of fused-ring (bicyclic) bond motifs is 1. The smallest absolute Gasteiger partial charge is 0.284 e. The van der Waals surface area contributed by atoms with Crippen molar-refractivity contribution < 1.29 is 9.52 Å². The highest BCUT2D eigenvalue weighted by Gasteiger charge is 2.11. The monoisotopic (exact) mass is 273 g/mol. The first-order chi connectivity index (χ1) is 9.15. The highest BCUT2D eigenvalue weighted by Crippen LogP contribution is 2.28. The highest BCUT2D eigenvalue weighted by molar-refractivity contribution is 6.31. The molecule has 19 heavy (non-hydrogen) atoms. The molecule has 0 spiro atoms. The van der Waals surface area contributed by atoms with Gasteiger partial charge in [0.2, 0.25) is 5.89 Å². The highest BCUT2D eigenvalue weighted by atomic mass is 35.5. The second-order valence-corrected chi connectivity index (χ2v) is 4.42. The summed E-state index contributed by atoms with van der Waals surface area (Å²) in [5.41, 5.74) is 0.307. The fourth-order valence-corrected chi connectivity index (χ4v) is 1.98. The summed E-state index contributed by atoms with van der Waals surface area (Å²) in [5.74, 6) is 0.0874. The molecule has 0 bridgehead atoms. The lowest BCUT2D eigenvalue weighted by Crippen LogP contribution is -2.07. The first-order valence-electron chi connectivity index (χ1n) is 5.54. The molecule has 0 radical (unpaired) electrons. The minimum absolute atomic E-state index is 0.00598. The van der Waals surface area contributed by atoms with Crippen LogP contribution in [0, 0.1) is 0 Å². The van der Waals surface area contributed by atoms with Crippen molar-refractivity contribution in [1.82, 2.24) is 4.98 Å². The summed E-state index contributed by atoms with van der Waals surface area (Å²) in [6.07, 6.45) is 0. The molecule has 0 saturated carbocycles. The molecule has 4 nitrogen and oxygen atoms in total. The van der Waals surface area contributed by atoms with E-state index in [1.165, 1.54) is 12.1 Å². The second-order valence-electron chi connectivity index (χ2n) is 3.98. The molecular weight excluding hydrogens is 266 g/mol. The second kappa shape index (κ2) is 4.40. The summed E-state index contributed by atoms with van der Waals surface area (Å²) in [4.78, 5) is 15.8. The van der Waals surface area contributed by atoms with E-state index in [0.717, 1.165) is 0 Å². The number of phenols is 1. The van der Waals surface area contributed by atoms with Crippen LogP contribution in [0.4, 0.5) is 0 Å². The molecule has 3 rings (SSSR count). The normalized spacial score (nSPS) is 10.8. The first-order valence-corrected chi connectivity index (χ1v) is 5.92. The topological polar surface area (TPSA) is 63.3 Å². The lowest BCUT2D eigenvalue weighted by atomic mass is 10.2. The fraction of sp³-hybridized carbons (Fsp3) is 0. The number of hydrogen-bond acceptors (Lipinski definition) is 4. The minimum atomic E-state index is -0.443. The number of halogens is 1. The summed E-state index contributed by atoms with van der Waals surface area (Å²) in [7, 11) is 0. The van der Waals surface area contributed by atoms with E-state index >= 15 is 0 Å². The number of rotatable bonds is 1. The quantitative estimate of drug-likeness (QED) is 0.739. The molecule has 0 amide bonds. The zero-order chi connectivity index (χ0) is 13.4. The molecule has 0 atom stereocenters. The van der Waals surface area contributed by atoms with Crippen LogP contribution in [0.3, 0.4) is 0 Å². The van der Waals surface area contributed by atoms with Crippen molar-refractivity contribution in [3.63, 3.8) is 0 Å². The Morgan fingerprint density at radius 3 is 2.74 bits per heavy atom. The number of phenolic OH excluding ortho intramolecular Hbond substituents is 1. The Bertz CT molecular complexity index is 826. The minimum Gasteiger partial charge on any atom is -0.507 e. The molecule has 0 unspecified atom stereocenters. The Kier molecular flexibility index (Phi) is 2.72. The van der Waals surface area contributed by atoms with Gasteiger partial charge in [0.25, 0.3) is 5.56 Å². The lowest BCUT2D eigenvalue weighted by Gasteiger charge is -2.03. The Morgan fingerprint density at radius 1 is 1.16 bits per heavy atom. The van der Waals surface area contributed by atoms with Crippen LogP contribution >= 0.6 is 11.6 Å². The molecule has 0 aliphatic rings. The van der Waals surface area contributed by atoms with Crippen molar-refractivity contribution in [3.05, 3.63) is 57.8 Å². The van der Waals surface area contributed by atoms with Gasteiger partial charge in [-0.2, -0.15) is 4.98 Å². The largest absolute Gasteiger partial charge is 0.507 e. The maximum Gasteiger partial charge on any atom is 0.284 e. The third kappa shape index (κ3) is 2.06. The summed E-state index contributed by atoms with van der Waals surface area (Å²) in [6, 6.07) is 11.3. The van der Waals surface area contributed by atoms with Crippen LogP contribution in [0.25, 0.3) is 22.4 Å². The summed E-state index contributed by atoms with van der Waals surface area (Å²) in [6.45, 7) is 0. The SMILES string of the molecule is O=c1nc(-c2ccccc2O)oc2ccc(Cl)cc12. The number of aromatic nitrogens is 1. The molecule has 3 aromatic rings. The Balaban J connectivity index is 2.31. The molecule has 0 aliphatic carbocycles. The number of nitrogens with zero attached hydrogens (tertiary/aromatic N) is 1. The van der Waals surface area contributed by atoms with E-state index in [4.69, 9.17) is 16.0 Å². The van der Waals surface area contributed by atoms with Crippen molar-refractivity contribution in [2.75, 3.05) is 0 Å². The van der Waals surface area contributed by atoms with Gasteiger partial charge >= 0.3 is 0 Å². The zero-order valence-electron chi connectivity index (χ0n) is 9.63. The average molecular weight is 274 g/mol. The molecule has 0 saturated heterocycles. The van der Waals surface area contributed by atoms with Crippen LogP contribution in [-0.2, 0) is 0 Å². The van der Waals surface area contributed by atoms with Gasteiger partial charge in [-0.25, -0.2) is 0 Å². The fourth-order valence-electron chi connectivity index (χ4n) is 1.81. The Hall–Kier alpha value is -2.33. The third-order valence-electron chi connectivity index (χ3n) is 2.72. The molecule has 0 aliphatic heterocycles. The first kappa shape index (κ1) is 11.7. The maximum absolute atomic E-state index is 11.9. The van der Waals surface area contributed by atoms with E-state index in [1.54, 1.807) is 30.3 Å². The molecule has 5 heteroatoms. The number of benzene rings is 2. The summed E-state index contributed by atoms with van der Waals surface area (Å²) < 4.78 is 5.53. The summed E-state index contributed by atoms with van der Waals surface area (Å²) in [5, 5.41) is 10.5. The Labute approximate surface area is 112 Å². The predicted octanol–water partition coefficient (Wildman–Crippen LogP) is 3.21. The molecule has 2 aromatic carbocycles. The van der Waals surface area contributed by atoms with Crippen LogP contribution < -0.4 is 5.56 Å². The number of para-hydroxylation sites is 1.